The van der Waals surface area contributed by atoms with E-state index < -0.39 is 17.9 Å². The second-order valence-electron chi connectivity index (χ2n) is 5.52. The summed E-state index contributed by atoms with van der Waals surface area (Å²) in [6.07, 6.45) is 3.09. The Bertz CT molecular complexity index is 588. The molecule has 1 aromatic carbocycles. The van der Waals surface area contributed by atoms with Gasteiger partial charge in [0.15, 0.2) is 6.04 Å². The van der Waals surface area contributed by atoms with Crippen LogP contribution in [0.3, 0.4) is 0 Å². The van der Waals surface area contributed by atoms with E-state index in [0.29, 0.717) is 23.6 Å². The molecule has 0 bridgehead atoms. The number of nitrogens with zero attached hydrogens (tertiary/aromatic N) is 1. The van der Waals surface area contributed by atoms with Gasteiger partial charge in [0.2, 0.25) is 11.8 Å². The first-order valence-corrected chi connectivity index (χ1v) is 7.90. The van der Waals surface area contributed by atoms with Gasteiger partial charge in [0.05, 0.1) is 6.54 Å². The van der Waals surface area contributed by atoms with Crippen molar-refractivity contribution in [1.82, 2.24) is 10.2 Å². The lowest BCUT2D eigenvalue weighted by Crippen LogP contribution is -2.43. The zero-order chi connectivity index (χ0) is 16.8. The molecule has 2 rings (SSSR count). The normalized spacial score (nSPS) is 16.6. The van der Waals surface area contributed by atoms with E-state index in [9.17, 15) is 19.5 Å². The van der Waals surface area contributed by atoms with Crippen LogP contribution in [-0.2, 0) is 14.4 Å². The molecule has 1 unspecified atom stereocenters. The molecule has 1 fully saturated rings. The Hall–Kier alpha value is -2.08. The summed E-state index contributed by atoms with van der Waals surface area (Å²) in [6, 6.07) is 5.08. The molecule has 0 aromatic heterocycles. The van der Waals surface area contributed by atoms with Crippen molar-refractivity contribution in [1.29, 1.82) is 0 Å². The van der Waals surface area contributed by atoms with Crippen molar-refractivity contribution in [3.63, 3.8) is 0 Å². The zero-order valence-corrected chi connectivity index (χ0v) is 13.4. The average Bonchev–Trinajstić information content (AvgIpc) is 2.71. The number of rotatable bonds is 5. The second-order valence-corrected chi connectivity index (χ2v) is 5.95. The molecule has 2 amide bonds. The van der Waals surface area contributed by atoms with Gasteiger partial charge >= 0.3 is 5.97 Å². The second kappa shape index (κ2) is 7.97. The molecule has 0 spiro atoms. The van der Waals surface area contributed by atoms with Crippen molar-refractivity contribution >= 4 is 29.4 Å². The highest BCUT2D eigenvalue weighted by Gasteiger charge is 2.25. The van der Waals surface area contributed by atoms with E-state index >= 15 is 0 Å². The lowest BCUT2D eigenvalue weighted by molar-refractivity contribution is -0.142. The largest absolute Gasteiger partial charge is 0.479 e. The number of hydrogen-bond donors (Lipinski definition) is 2. The number of carbonyl (C=O) groups is 3. The van der Waals surface area contributed by atoms with Gasteiger partial charge in [-0.15, -0.1) is 0 Å². The van der Waals surface area contributed by atoms with Crippen LogP contribution in [0.1, 0.15) is 37.3 Å². The number of likely N-dealkylation sites (tertiary alicyclic amines) is 1. The molecule has 0 saturated carbocycles. The number of carboxylic acid groups (broad SMARTS) is 1. The maximum absolute atomic E-state index is 12.1. The number of carbonyl (C=O) groups excluding carboxylic acids is 2. The molecule has 124 valence electrons. The molecular formula is C16H19ClN2O4. The Kier molecular flexibility index (Phi) is 5.98. The van der Waals surface area contributed by atoms with Gasteiger partial charge in [-0.1, -0.05) is 30.2 Å². The third-order valence-corrected chi connectivity index (χ3v) is 4.01. The van der Waals surface area contributed by atoms with E-state index in [1.54, 1.807) is 24.3 Å². The van der Waals surface area contributed by atoms with E-state index in [2.05, 4.69) is 5.32 Å². The fourth-order valence-electron chi connectivity index (χ4n) is 2.53. The summed E-state index contributed by atoms with van der Waals surface area (Å²) < 4.78 is 0. The summed E-state index contributed by atoms with van der Waals surface area (Å²) in [6.45, 7) is 0.418. The standard InChI is InChI=1S/C16H19ClN2O4/c17-12-7-5-11(6-8-12)15(16(22)23)18-13(20)10-19-9-3-1-2-4-14(19)21/h5-8,15H,1-4,9-10H2,(H,18,20)(H,22,23). The minimum atomic E-state index is -1.16. The summed E-state index contributed by atoms with van der Waals surface area (Å²) in [5, 5.41) is 12.3. The summed E-state index contributed by atoms with van der Waals surface area (Å²) in [4.78, 5) is 36.9. The number of hydrogen-bond acceptors (Lipinski definition) is 3. The van der Waals surface area contributed by atoms with Gasteiger partial charge in [0.25, 0.3) is 0 Å². The van der Waals surface area contributed by atoms with Crippen molar-refractivity contribution < 1.29 is 19.5 Å². The van der Waals surface area contributed by atoms with Crippen LogP contribution in [0.25, 0.3) is 0 Å². The predicted octanol–water partition coefficient (Wildman–Crippen LogP) is 1.98. The van der Waals surface area contributed by atoms with E-state index in [1.807, 2.05) is 0 Å². The highest BCUT2D eigenvalue weighted by molar-refractivity contribution is 6.30. The number of nitrogens with one attached hydrogen (secondary N) is 1. The minimum absolute atomic E-state index is 0.0592. The van der Waals surface area contributed by atoms with Crippen LogP contribution in [0.15, 0.2) is 24.3 Å². The van der Waals surface area contributed by atoms with Crippen LogP contribution in [0.4, 0.5) is 0 Å². The van der Waals surface area contributed by atoms with Gasteiger partial charge in [-0.2, -0.15) is 0 Å². The highest BCUT2D eigenvalue weighted by Crippen LogP contribution is 2.17. The predicted molar refractivity (Wildman–Crippen MR) is 85.0 cm³/mol. The Balaban J connectivity index is 2.01. The molecule has 1 aromatic rings. The number of amides is 2. The lowest BCUT2D eigenvalue weighted by atomic mass is 10.1. The van der Waals surface area contributed by atoms with Gasteiger partial charge < -0.3 is 15.3 Å². The molecule has 0 aliphatic carbocycles. The molecule has 23 heavy (non-hydrogen) atoms. The molecule has 1 heterocycles. The fourth-order valence-corrected chi connectivity index (χ4v) is 2.65. The quantitative estimate of drug-likeness (QED) is 0.859. The van der Waals surface area contributed by atoms with Crippen LogP contribution >= 0.6 is 11.6 Å². The molecule has 1 saturated heterocycles. The Morgan fingerprint density at radius 1 is 1.22 bits per heavy atom. The topological polar surface area (TPSA) is 86.7 Å². The number of carboxylic acids is 1. The van der Waals surface area contributed by atoms with Crippen molar-refractivity contribution in [2.75, 3.05) is 13.1 Å². The number of halogens is 1. The van der Waals surface area contributed by atoms with Crippen molar-refractivity contribution in [2.24, 2.45) is 0 Å². The molecular weight excluding hydrogens is 320 g/mol. The Labute approximate surface area is 139 Å². The van der Waals surface area contributed by atoms with Gasteiger partial charge in [-0.3, -0.25) is 9.59 Å². The SMILES string of the molecule is O=C(CN1CCCCCC1=O)NC(C(=O)O)c1ccc(Cl)cc1. The molecule has 1 aliphatic rings. The Morgan fingerprint density at radius 3 is 2.57 bits per heavy atom. The van der Waals surface area contributed by atoms with Crippen molar-refractivity contribution in [3.8, 4) is 0 Å². The number of benzene rings is 1. The zero-order valence-electron chi connectivity index (χ0n) is 12.6. The van der Waals surface area contributed by atoms with Gasteiger partial charge in [-0.05, 0) is 30.5 Å². The van der Waals surface area contributed by atoms with Gasteiger partial charge in [0.1, 0.15) is 0 Å². The minimum Gasteiger partial charge on any atom is -0.479 e. The maximum atomic E-state index is 12.1. The Morgan fingerprint density at radius 2 is 1.91 bits per heavy atom. The highest BCUT2D eigenvalue weighted by atomic mass is 35.5. The van der Waals surface area contributed by atoms with Crippen LogP contribution in [-0.4, -0.2) is 40.9 Å². The summed E-state index contributed by atoms with van der Waals surface area (Å²) in [5.41, 5.74) is 0.428. The molecule has 0 radical (unpaired) electrons. The molecule has 7 heteroatoms. The van der Waals surface area contributed by atoms with E-state index in [0.717, 1.165) is 19.3 Å². The molecule has 1 atom stereocenters. The maximum Gasteiger partial charge on any atom is 0.330 e. The molecule has 1 aliphatic heterocycles. The van der Waals surface area contributed by atoms with Crippen molar-refractivity contribution in [2.45, 2.75) is 31.7 Å². The summed E-state index contributed by atoms with van der Waals surface area (Å²) in [7, 11) is 0. The van der Waals surface area contributed by atoms with Crippen LogP contribution in [0, 0.1) is 0 Å². The summed E-state index contributed by atoms with van der Waals surface area (Å²) in [5.74, 6) is -1.71. The van der Waals surface area contributed by atoms with Gasteiger partial charge in [-0.25, -0.2) is 4.79 Å². The number of aliphatic carboxylic acids is 1. The fraction of sp³-hybridized carbons (Fsp3) is 0.438. The lowest BCUT2D eigenvalue weighted by Gasteiger charge is -2.21. The van der Waals surface area contributed by atoms with Crippen LogP contribution in [0.5, 0.6) is 0 Å². The first kappa shape index (κ1) is 17.3. The van der Waals surface area contributed by atoms with Gasteiger partial charge in [0, 0.05) is 18.0 Å². The monoisotopic (exact) mass is 338 g/mol. The van der Waals surface area contributed by atoms with E-state index in [4.69, 9.17) is 11.6 Å². The molecule has 2 N–H and O–H groups in total. The third kappa shape index (κ3) is 4.96. The third-order valence-electron chi connectivity index (χ3n) is 3.76. The van der Waals surface area contributed by atoms with E-state index in [-0.39, 0.29) is 12.5 Å². The van der Waals surface area contributed by atoms with Crippen molar-refractivity contribution in [3.05, 3.63) is 34.9 Å². The van der Waals surface area contributed by atoms with Crippen LogP contribution in [0.2, 0.25) is 5.02 Å². The van der Waals surface area contributed by atoms with Crippen LogP contribution < -0.4 is 5.32 Å². The first-order chi connectivity index (χ1) is 11.0. The van der Waals surface area contributed by atoms with E-state index in [1.165, 1.54) is 4.90 Å². The first-order valence-electron chi connectivity index (χ1n) is 7.53. The smallest absolute Gasteiger partial charge is 0.330 e. The molecule has 6 nitrogen and oxygen atoms in total. The summed E-state index contributed by atoms with van der Waals surface area (Å²) >= 11 is 5.78. The average molecular weight is 339 g/mol.